The third kappa shape index (κ3) is 3.38. The Kier molecular flexibility index (Phi) is 4.76. The molecule has 4 nitrogen and oxygen atoms in total. The maximum absolute atomic E-state index is 13.0. The van der Waals surface area contributed by atoms with E-state index < -0.39 is 20.9 Å². The van der Waals surface area contributed by atoms with Crippen molar-refractivity contribution in [1.82, 2.24) is 4.90 Å². The number of amides is 1. The Morgan fingerprint density at radius 3 is 2.54 bits per heavy atom. The summed E-state index contributed by atoms with van der Waals surface area (Å²) < 4.78 is 38.3. The fraction of sp³-hybridized carbons (Fsp3) is 0.500. The first-order valence-corrected chi connectivity index (χ1v) is 9.90. The monoisotopic (exact) mass is 351 g/mol. The zero-order valence-electron chi connectivity index (χ0n) is 13.7. The van der Waals surface area contributed by atoms with Crippen molar-refractivity contribution in [1.29, 1.82) is 0 Å². The van der Waals surface area contributed by atoms with Crippen molar-refractivity contribution in [2.75, 3.05) is 13.1 Å². The molecule has 0 saturated carbocycles. The molecule has 2 aliphatic rings. The Labute approximate surface area is 142 Å². The van der Waals surface area contributed by atoms with Gasteiger partial charge in [0.25, 0.3) is 0 Å². The van der Waals surface area contributed by atoms with Crippen LogP contribution in [-0.4, -0.2) is 37.6 Å². The molecule has 1 amide bonds. The number of halogens is 1. The van der Waals surface area contributed by atoms with E-state index in [0.29, 0.717) is 18.9 Å². The van der Waals surface area contributed by atoms with Crippen LogP contribution in [-0.2, 0) is 14.6 Å². The zero-order chi connectivity index (χ0) is 17.3. The number of carbonyl (C=O) groups excluding carboxylic acids is 1. The molecule has 1 aliphatic carbocycles. The molecule has 1 aromatic rings. The Hall–Kier alpha value is -1.69. The van der Waals surface area contributed by atoms with E-state index in [1.54, 1.807) is 4.90 Å². The van der Waals surface area contributed by atoms with Crippen LogP contribution in [0.4, 0.5) is 4.39 Å². The minimum absolute atomic E-state index is 0.0290. The quantitative estimate of drug-likeness (QED) is 0.787. The summed E-state index contributed by atoms with van der Waals surface area (Å²) in [6.45, 7) is 2.83. The Balaban J connectivity index is 1.71. The molecule has 6 heteroatoms. The second kappa shape index (κ2) is 6.67. The van der Waals surface area contributed by atoms with Gasteiger partial charge in [0.05, 0.1) is 10.1 Å². The lowest BCUT2D eigenvalue weighted by molar-refractivity contribution is -0.126. The second-order valence-corrected chi connectivity index (χ2v) is 9.00. The number of rotatable bonds is 3. The van der Waals surface area contributed by atoms with Gasteiger partial charge in [-0.25, -0.2) is 12.8 Å². The summed E-state index contributed by atoms with van der Waals surface area (Å²) in [5.74, 6) is 0.112. The fourth-order valence-corrected chi connectivity index (χ4v) is 5.04. The van der Waals surface area contributed by atoms with Crippen molar-refractivity contribution in [3.8, 4) is 0 Å². The summed E-state index contributed by atoms with van der Waals surface area (Å²) in [6, 6.07) is 4.89. The average Bonchev–Trinajstić information content (AvgIpc) is 3.06. The third-order valence-corrected chi connectivity index (χ3v) is 7.15. The third-order valence-electron chi connectivity index (χ3n) is 4.96. The van der Waals surface area contributed by atoms with Gasteiger partial charge in [-0.2, -0.15) is 0 Å². The number of likely N-dealkylation sites (tertiary alicyclic amines) is 1. The molecule has 2 unspecified atom stereocenters. The normalized spacial score (nSPS) is 24.8. The highest BCUT2D eigenvalue weighted by atomic mass is 32.2. The lowest BCUT2D eigenvalue weighted by Crippen LogP contribution is -2.33. The van der Waals surface area contributed by atoms with Gasteiger partial charge < -0.3 is 4.90 Å². The van der Waals surface area contributed by atoms with Gasteiger partial charge in [-0.05, 0) is 55.9 Å². The number of sulfone groups is 1. The first-order chi connectivity index (χ1) is 11.4. The predicted molar refractivity (Wildman–Crippen MR) is 89.7 cm³/mol. The number of hydrogen-bond acceptors (Lipinski definition) is 3. The highest BCUT2D eigenvalue weighted by Crippen LogP contribution is 2.28. The van der Waals surface area contributed by atoms with Crippen LogP contribution in [0.25, 0.3) is 0 Å². The maximum atomic E-state index is 13.0. The van der Waals surface area contributed by atoms with E-state index in [2.05, 4.69) is 6.92 Å². The standard InChI is InChI=1S/C18H22FNO3S/c1-13-2-4-14(5-3-13)18(21)20-11-10-17(12-20)24(22,23)16-8-6-15(19)7-9-16/h4,6-9,13,17H,2-3,5,10-12H2,1H3. The van der Waals surface area contributed by atoms with Crippen molar-refractivity contribution in [3.05, 3.63) is 41.7 Å². The van der Waals surface area contributed by atoms with Gasteiger partial charge in [-0.3, -0.25) is 4.79 Å². The number of allylic oxidation sites excluding steroid dienone is 1. The summed E-state index contributed by atoms with van der Waals surface area (Å²) in [6.07, 6.45) is 5.11. The lowest BCUT2D eigenvalue weighted by atomic mass is 9.90. The first-order valence-electron chi connectivity index (χ1n) is 8.35. The molecular formula is C18H22FNO3S. The van der Waals surface area contributed by atoms with Crippen molar-refractivity contribution < 1.29 is 17.6 Å². The van der Waals surface area contributed by atoms with Crippen molar-refractivity contribution in [3.63, 3.8) is 0 Å². The highest BCUT2D eigenvalue weighted by Gasteiger charge is 2.37. The maximum Gasteiger partial charge on any atom is 0.249 e. The Bertz CT molecular complexity index is 755. The summed E-state index contributed by atoms with van der Waals surface area (Å²) >= 11 is 0. The molecule has 0 spiro atoms. The molecular weight excluding hydrogens is 329 g/mol. The van der Waals surface area contributed by atoms with Crippen LogP contribution >= 0.6 is 0 Å². The number of carbonyl (C=O) groups is 1. The largest absolute Gasteiger partial charge is 0.338 e. The smallest absolute Gasteiger partial charge is 0.249 e. The van der Waals surface area contributed by atoms with E-state index in [0.717, 1.165) is 37.0 Å². The van der Waals surface area contributed by atoms with Crippen LogP contribution in [0.5, 0.6) is 0 Å². The molecule has 1 heterocycles. The van der Waals surface area contributed by atoms with Crippen molar-refractivity contribution in [2.24, 2.45) is 5.92 Å². The average molecular weight is 351 g/mol. The molecule has 1 aromatic carbocycles. The topological polar surface area (TPSA) is 54.5 Å². The van der Waals surface area contributed by atoms with E-state index in [4.69, 9.17) is 0 Å². The van der Waals surface area contributed by atoms with Gasteiger partial charge in [0.15, 0.2) is 9.84 Å². The first kappa shape index (κ1) is 17.1. The van der Waals surface area contributed by atoms with Crippen LogP contribution in [0, 0.1) is 11.7 Å². The van der Waals surface area contributed by atoms with Gasteiger partial charge in [-0.15, -0.1) is 0 Å². The summed E-state index contributed by atoms with van der Waals surface area (Å²) in [5, 5.41) is -0.616. The minimum Gasteiger partial charge on any atom is -0.338 e. The predicted octanol–water partition coefficient (Wildman–Crippen LogP) is 2.95. The summed E-state index contributed by atoms with van der Waals surface area (Å²) in [7, 11) is -3.54. The molecule has 1 fully saturated rings. The van der Waals surface area contributed by atoms with E-state index >= 15 is 0 Å². The van der Waals surface area contributed by atoms with Crippen LogP contribution in [0.15, 0.2) is 40.8 Å². The number of hydrogen-bond donors (Lipinski definition) is 0. The minimum atomic E-state index is -3.54. The second-order valence-electron chi connectivity index (χ2n) is 6.77. The zero-order valence-corrected chi connectivity index (χ0v) is 14.6. The van der Waals surface area contributed by atoms with Gasteiger partial charge in [0.1, 0.15) is 5.82 Å². The molecule has 2 atom stereocenters. The molecule has 1 saturated heterocycles. The molecule has 130 valence electrons. The molecule has 0 aromatic heterocycles. The van der Waals surface area contributed by atoms with E-state index in [1.165, 1.54) is 12.1 Å². The van der Waals surface area contributed by atoms with Gasteiger partial charge in [-0.1, -0.05) is 13.0 Å². The molecule has 24 heavy (non-hydrogen) atoms. The van der Waals surface area contributed by atoms with E-state index in [9.17, 15) is 17.6 Å². The fourth-order valence-electron chi connectivity index (χ4n) is 3.35. The summed E-state index contributed by atoms with van der Waals surface area (Å²) in [5.41, 5.74) is 0.813. The summed E-state index contributed by atoms with van der Waals surface area (Å²) in [4.78, 5) is 14.3. The van der Waals surface area contributed by atoms with Crippen LogP contribution < -0.4 is 0 Å². The van der Waals surface area contributed by atoms with Gasteiger partial charge in [0, 0.05) is 18.7 Å². The molecule has 3 rings (SSSR count). The highest BCUT2D eigenvalue weighted by molar-refractivity contribution is 7.92. The van der Waals surface area contributed by atoms with Crippen molar-refractivity contribution >= 4 is 15.7 Å². The number of nitrogens with zero attached hydrogens (tertiary/aromatic N) is 1. The van der Waals surface area contributed by atoms with Crippen LogP contribution in [0.1, 0.15) is 32.6 Å². The lowest BCUT2D eigenvalue weighted by Gasteiger charge is -2.22. The van der Waals surface area contributed by atoms with Crippen LogP contribution in [0.2, 0.25) is 0 Å². The van der Waals surface area contributed by atoms with Crippen molar-refractivity contribution in [2.45, 2.75) is 42.8 Å². The molecule has 0 radical (unpaired) electrons. The van der Waals surface area contributed by atoms with E-state index in [1.807, 2.05) is 6.08 Å². The SMILES string of the molecule is CC1CC=C(C(=O)N2CCC(S(=O)(=O)c3ccc(F)cc3)C2)CC1. The Morgan fingerprint density at radius 2 is 1.92 bits per heavy atom. The molecule has 0 bridgehead atoms. The van der Waals surface area contributed by atoms with Gasteiger partial charge >= 0.3 is 0 Å². The molecule has 1 aliphatic heterocycles. The van der Waals surface area contributed by atoms with Gasteiger partial charge in [0.2, 0.25) is 5.91 Å². The van der Waals surface area contributed by atoms with E-state index in [-0.39, 0.29) is 17.3 Å². The van der Waals surface area contributed by atoms with Crippen LogP contribution in [0.3, 0.4) is 0 Å². The number of benzene rings is 1. The Morgan fingerprint density at radius 1 is 1.21 bits per heavy atom. The molecule has 0 N–H and O–H groups in total.